The van der Waals surface area contributed by atoms with Crippen molar-refractivity contribution in [1.29, 1.82) is 0 Å². The van der Waals surface area contributed by atoms with Gasteiger partial charge in [0.05, 0.1) is 5.56 Å². The molecule has 0 bridgehead atoms. The monoisotopic (exact) mass is 339 g/mol. The number of carbonyl (C=O) groups is 2. The molecule has 2 aromatic carbocycles. The van der Waals surface area contributed by atoms with E-state index in [2.05, 4.69) is 17.4 Å². The highest BCUT2D eigenvalue weighted by Crippen LogP contribution is 2.14. The summed E-state index contributed by atoms with van der Waals surface area (Å²) < 4.78 is 0. The van der Waals surface area contributed by atoms with Gasteiger partial charge in [-0.15, -0.1) is 0 Å². The van der Waals surface area contributed by atoms with Gasteiger partial charge in [0.2, 0.25) is 5.91 Å². The molecule has 0 saturated carbocycles. The molecule has 4 heteroatoms. The van der Waals surface area contributed by atoms with E-state index in [9.17, 15) is 9.59 Å². The summed E-state index contributed by atoms with van der Waals surface area (Å²) in [5.41, 5.74) is 2.22. The Morgan fingerprint density at radius 3 is 2.12 bits per heavy atom. The fraction of sp³-hybridized carbons (Fsp3) is 0.333. The molecule has 0 heterocycles. The van der Waals surface area contributed by atoms with E-state index in [-0.39, 0.29) is 17.0 Å². The van der Waals surface area contributed by atoms with E-state index in [1.54, 1.807) is 24.3 Å². The zero-order valence-corrected chi connectivity index (χ0v) is 14.8. The van der Waals surface area contributed by atoms with Crippen molar-refractivity contribution in [3.63, 3.8) is 0 Å². The Kier molecular flexibility index (Phi) is 6.34. The second-order valence-corrected chi connectivity index (χ2v) is 6.92. The molecule has 2 N–H and O–H groups in total. The van der Waals surface area contributed by atoms with Gasteiger partial charge in [-0.05, 0) is 56.4 Å². The fourth-order valence-electron chi connectivity index (χ4n) is 2.68. The largest absolute Gasteiger partial charge is 0.478 e. The van der Waals surface area contributed by atoms with Gasteiger partial charge in [-0.2, -0.15) is 0 Å². The predicted octanol–water partition coefficient (Wildman–Crippen LogP) is 3.85. The zero-order chi connectivity index (χ0) is 18.3. The van der Waals surface area contributed by atoms with Crippen LogP contribution in [-0.2, 0) is 17.6 Å². The van der Waals surface area contributed by atoms with Crippen LogP contribution in [0.4, 0.5) is 0 Å². The third kappa shape index (κ3) is 6.42. The fourth-order valence-corrected chi connectivity index (χ4v) is 2.68. The maximum Gasteiger partial charge on any atom is 0.335 e. The summed E-state index contributed by atoms with van der Waals surface area (Å²) in [6.45, 7) is 4.07. The maximum atomic E-state index is 12.2. The second kappa shape index (κ2) is 8.47. The lowest BCUT2D eigenvalue weighted by Gasteiger charge is -2.26. The number of carbonyl (C=O) groups excluding carboxylic acids is 1. The third-order valence-corrected chi connectivity index (χ3v) is 4.20. The lowest BCUT2D eigenvalue weighted by molar-refractivity contribution is -0.122. The number of aryl methyl sites for hydroxylation is 2. The summed E-state index contributed by atoms with van der Waals surface area (Å²) in [4.78, 5) is 23.0. The molecule has 0 aliphatic rings. The number of hydrogen-bond donors (Lipinski definition) is 2. The molecule has 0 aromatic heterocycles. The van der Waals surface area contributed by atoms with Gasteiger partial charge in [0, 0.05) is 12.0 Å². The van der Waals surface area contributed by atoms with Gasteiger partial charge in [-0.3, -0.25) is 4.79 Å². The van der Waals surface area contributed by atoms with E-state index in [1.165, 1.54) is 5.56 Å². The lowest BCUT2D eigenvalue weighted by Crippen LogP contribution is -2.43. The first-order valence-corrected chi connectivity index (χ1v) is 8.53. The molecule has 0 radical (unpaired) electrons. The molecule has 0 unspecified atom stereocenters. The van der Waals surface area contributed by atoms with Gasteiger partial charge in [0.25, 0.3) is 0 Å². The minimum absolute atomic E-state index is 0.0142. The third-order valence-electron chi connectivity index (χ3n) is 4.20. The van der Waals surface area contributed by atoms with Gasteiger partial charge < -0.3 is 10.4 Å². The van der Waals surface area contributed by atoms with Crippen LogP contribution in [0.25, 0.3) is 0 Å². The van der Waals surface area contributed by atoms with E-state index in [0.29, 0.717) is 12.8 Å². The summed E-state index contributed by atoms with van der Waals surface area (Å²) in [7, 11) is 0. The second-order valence-electron chi connectivity index (χ2n) is 6.92. The number of nitrogens with one attached hydrogen (secondary N) is 1. The summed E-state index contributed by atoms with van der Waals surface area (Å²) in [6, 6.07) is 16.9. The summed E-state index contributed by atoms with van der Waals surface area (Å²) in [5, 5.41) is 12.0. The standard InChI is InChI=1S/C21H25NO3/c1-21(2,15-14-16-6-4-3-5-7-16)22-19(23)13-10-17-8-11-18(12-9-17)20(24)25/h3-9,11-12H,10,13-15H2,1-2H3,(H,22,23)(H,24,25). The average Bonchev–Trinajstić information content (AvgIpc) is 2.59. The number of aromatic carboxylic acids is 1. The van der Waals surface area contributed by atoms with Gasteiger partial charge in [0.1, 0.15) is 0 Å². The lowest BCUT2D eigenvalue weighted by atomic mass is 9.95. The molecule has 25 heavy (non-hydrogen) atoms. The molecule has 0 atom stereocenters. The minimum Gasteiger partial charge on any atom is -0.478 e. The Balaban J connectivity index is 1.79. The van der Waals surface area contributed by atoms with Crippen LogP contribution < -0.4 is 5.32 Å². The first kappa shape index (κ1) is 18.7. The predicted molar refractivity (Wildman–Crippen MR) is 98.7 cm³/mol. The van der Waals surface area contributed by atoms with E-state index in [0.717, 1.165) is 18.4 Å². The van der Waals surface area contributed by atoms with Crippen LogP contribution in [0.1, 0.15) is 48.2 Å². The highest BCUT2D eigenvalue weighted by atomic mass is 16.4. The highest BCUT2D eigenvalue weighted by Gasteiger charge is 2.20. The topological polar surface area (TPSA) is 66.4 Å². The van der Waals surface area contributed by atoms with Gasteiger partial charge in [-0.1, -0.05) is 42.5 Å². The molecule has 0 aliphatic carbocycles. The van der Waals surface area contributed by atoms with Crippen molar-refractivity contribution in [3.8, 4) is 0 Å². The van der Waals surface area contributed by atoms with Crippen LogP contribution in [0.5, 0.6) is 0 Å². The zero-order valence-electron chi connectivity index (χ0n) is 14.8. The van der Waals surface area contributed by atoms with Crippen LogP contribution in [-0.4, -0.2) is 22.5 Å². The number of carboxylic acids is 1. The molecular formula is C21H25NO3. The van der Waals surface area contributed by atoms with Crippen molar-refractivity contribution >= 4 is 11.9 Å². The molecule has 0 aliphatic heterocycles. The first-order valence-electron chi connectivity index (χ1n) is 8.53. The Morgan fingerprint density at radius 1 is 0.920 bits per heavy atom. The van der Waals surface area contributed by atoms with E-state index in [1.807, 2.05) is 32.0 Å². The van der Waals surface area contributed by atoms with Crippen molar-refractivity contribution in [3.05, 3.63) is 71.3 Å². The average molecular weight is 339 g/mol. The highest BCUT2D eigenvalue weighted by molar-refractivity contribution is 5.87. The van der Waals surface area contributed by atoms with Gasteiger partial charge >= 0.3 is 5.97 Å². The molecule has 2 aromatic rings. The number of amides is 1. The molecule has 4 nitrogen and oxygen atoms in total. The molecule has 132 valence electrons. The number of benzene rings is 2. The molecule has 0 fully saturated rings. The summed E-state index contributed by atoms with van der Waals surface area (Å²) in [6.07, 6.45) is 2.78. The Hall–Kier alpha value is -2.62. The Morgan fingerprint density at radius 2 is 1.52 bits per heavy atom. The normalized spacial score (nSPS) is 11.1. The van der Waals surface area contributed by atoms with Gasteiger partial charge in [0.15, 0.2) is 0 Å². The maximum absolute atomic E-state index is 12.2. The molecule has 0 spiro atoms. The van der Waals surface area contributed by atoms with Gasteiger partial charge in [-0.25, -0.2) is 4.79 Å². The van der Waals surface area contributed by atoms with Crippen LogP contribution in [0.3, 0.4) is 0 Å². The smallest absolute Gasteiger partial charge is 0.335 e. The number of rotatable bonds is 8. The van der Waals surface area contributed by atoms with Crippen LogP contribution in [0.15, 0.2) is 54.6 Å². The quantitative estimate of drug-likeness (QED) is 0.768. The Labute approximate surface area is 148 Å². The number of carboxylic acid groups (broad SMARTS) is 1. The molecule has 2 rings (SSSR count). The van der Waals surface area contributed by atoms with Crippen molar-refractivity contribution in [2.45, 2.75) is 45.1 Å². The van der Waals surface area contributed by atoms with Crippen LogP contribution in [0, 0.1) is 0 Å². The van der Waals surface area contributed by atoms with E-state index in [4.69, 9.17) is 5.11 Å². The van der Waals surface area contributed by atoms with Crippen molar-refractivity contribution in [2.75, 3.05) is 0 Å². The summed E-state index contributed by atoms with van der Waals surface area (Å²) >= 11 is 0. The Bertz CT molecular complexity index is 706. The van der Waals surface area contributed by atoms with Crippen molar-refractivity contribution in [2.24, 2.45) is 0 Å². The molecule has 1 amide bonds. The van der Waals surface area contributed by atoms with Crippen molar-refractivity contribution < 1.29 is 14.7 Å². The van der Waals surface area contributed by atoms with Crippen molar-refractivity contribution in [1.82, 2.24) is 5.32 Å². The van der Waals surface area contributed by atoms with E-state index >= 15 is 0 Å². The number of hydrogen-bond acceptors (Lipinski definition) is 2. The van der Waals surface area contributed by atoms with Crippen LogP contribution in [0.2, 0.25) is 0 Å². The van der Waals surface area contributed by atoms with Crippen LogP contribution >= 0.6 is 0 Å². The molecule has 0 saturated heterocycles. The minimum atomic E-state index is -0.940. The SMILES string of the molecule is CC(C)(CCc1ccccc1)NC(=O)CCc1ccc(C(=O)O)cc1. The van der Waals surface area contributed by atoms with E-state index < -0.39 is 5.97 Å². The molecular weight excluding hydrogens is 314 g/mol. The summed E-state index contributed by atoms with van der Waals surface area (Å²) in [5.74, 6) is -0.926. The first-order chi connectivity index (χ1) is 11.9.